The Balaban J connectivity index is 2.81. The van der Waals surface area contributed by atoms with Gasteiger partial charge in [-0.15, -0.1) is 0 Å². The molecule has 1 fully saturated rings. The van der Waals surface area contributed by atoms with Gasteiger partial charge in [0.25, 0.3) is 0 Å². The van der Waals surface area contributed by atoms with Crippen LogP contribution < -0.4 is 0 Å². The van der Waals surface area contributed by atoms with Crippen LogP contribution in [0.5, 0.6) is 0 Å². The summed E-state index contributed by atoms with van der Waals surface area (Å²) in [6, 6.07) is 0.202. The summed E-state index contributed by atoms with van der Waals surface area (Å²) in [5, 5.41) is 1.04. The molecule has 0 aromatic rings. The lowest BCUT2D eigenvalue weighted by atomic mass is 10.2. The summed E-state index contributed by atoms with van der Waals surface area (Å²) in [6.45, 7) is 5.99. The van der Waals surface area contributed by atoms with E-state index in [9.17, 15) is 8.42 Å². The van der Waals surface area contributed by atoms with Crippen molar-refractivity contribution in [2.45, 2.75) is 32.2 Å². The van der Waals surface area contributed by atoms with Crippen molar-refractivity contribution in [3.63, 3.8) is 0 Å². The summed E-state index contributed by atoms with van der Waals surface area (Å²) in [5.74, 6) is 0. The number of nitrogens with zero attached hydrogens (tertiary/aromatic N) is 1. The van der Waals surface area contributed by atoms with Crippen LogP contribution in [0.3, 0.4) is 0 Å². The van der Waals surface area contributed by atoms with E-state index >= 15 is 0 Å². The van der Waals surface area contributed by atoms with E-state index in [0.717, 1.165) is 24.7 Å². The van der Waals surface area contributed by atoms with Crippen molar-refractivity contribution in [2.75, 3.05) is 6.54 Å². The summed E-state index contributed by atoms with van der Waals surface area (Å²) in [4.78, 5) is 0. The third-order valence-electron chi connectivity index (χ3n) is 2.33. The standard InChI is InChI=1S/C8H15NO2S/c1-3-8-6-5-7-9(8)12(10,11)4-2/h4,8H,2-3,5-7H2,1H3. The smallest absolute Gasteiger partial charge is 0.208 e. The second kappa shape index (κ2) is 3.58. The maximum Gasteiger partial charge on any atom is 0.235 e. The lowest BCUT2D eigenvalue weighted by Crippen LogP contribution is -2.33. The normalized spacial score (nSPS) is 25.9. The fourth-order valence-corrected chi connectivity index (χ4v) is 2.89. The topological polar surface area (TPSA) is 37.4 Å². The molecule has 12 heavy (non-hydrogen) atoms. The van der Waals surface area contributed by atoms with Crippen molar-refractivity contribution in [3.8, 4) is 0 Å². The van der Waals surface area contributed by atoms with Gasteiger partial charge < -0.3 is 0 Å². The Morgan fingerprint density at radius 2 is 2.33 bits per heavy atom. The molecule has 1 saturated heterocycles. The highest BCUT2D eigenvalue weighted by Gasteiger charge is 2.30. The van der Waals surface area contributed by atoms with Gasteiger partial charge in [-0.1, -0.05) is 13.5 Å². The van der Waals surface area contributed by atoms with Crippen molar-refractivity contribution < 1.29 is 8.42 Å². The van der Waals surface area contributed by atoms with E-state index in [2.05, 4.69) is 6.58 Å². The Labute approximate surface area is 74.1 Å². The molecule has 0 amide bonds. The summed E-state index contributed by atoms with van der Waals surface area (Å²) in [7, 11) is -3.16. The molecule has 0 saturated carbocycles. The van der Waals surface area contributed by atoms with E-state index in [0.29, 0.717) is 6.54 Å². The quantitative estimate of drug-likeness (QED) is 0.671. The minimum absolute atomic E-state index is 0.202. The molecule has 1 aliphatic rings. The highest BCUT2D eigenvalue weighted by molar-refractivity contribution is 7.92. The molecular weight excluding hydrogens is 174 g/mol. The molecule has 4 heteroatoms. The van der Waals surface area contributed by atoms with Crippen LogP contribution in [0.25, 0.3) is 0 Å². The zero-order valence-electron chi connectivity index (χ0n) is 7.36. The van der Waals surface area contributed by atoms with Crippen LogP contribution in [-0.2, 0) is 10.0 Å². The number of sulfonamides is 1. The van der Waals surface area contributed by atoms with Crippen molar-refractivity contribution in [1.82, 2.24) is 4.31 Å². The molecule has 1 unspecified atom stereocenters. The van der Waals surface area contributed by atoms with Crippen LogP contribution in [0.15, 0.2) is 12.0 Å². The predicted molar refractivity (Wildman–Crippen MR) is 49.1 cm³/mol. The molecule has 0 N–H and O–H groups in total. The van der Waals surface area contributed by atoms with E-state index in [4.69, 9.17) is 0 Å². The summed E-state index contributed by atoms with van der Waals surface area (Å²) in [5.41, 5.74) is 0. The van der Waals surface area contributed by atoms with E-state index in [1.54, 1.807) is 4.31 Å². The van der Waals surface area contributed by atoms with Gasteiger partial charge in [0.15, 0.2) is 0 Å². The number of rotatable bonds is 3. The molecule has 0 bridgehead atoms. The largest absolute Gasteiger partial charge is 0.235 e. The summed E-state index contributed by atoms with van der Waals surface area (Å²) >= 11 is 0. The van der Waals surface area contributed by atoms with Crippen LogP contribution in [-0.4, -0.2) is 25.3 Å². The zero-order chi connectivity index (χ0) is 9.19. The second-order valence-electron chi connectivity index (χ2n) is 3.03. The number of hydrogen-bond acceptors (Lipinski definition) is 2. The molecule has 70 valence electrons. The molecule has 3 nitrogen and oxygen atoms in total. The van der Waals surface area contributed by atoms with Gasteiger partial charge in [0, 0.05) is 18.0 Å². The SMILES string of the molecule is C=CS(=O)(=O)N1CCCC1CC. The van der Waals surface area contributed by atoms with Gasteiger partial charge in [0.05, 0.1) is 0 Å². The van der Waals surface area contributed by atoms with Gasteiger partial charge in [0.1, 0.15) is 0 Å². The predicted octanol–water partition coefficient (Wildman–Crippen LogP) is 1.33. The molecule has 0 aromatic carbocycles. The summed E-state index contributed by atoms with van der Waals surface area (Å²) < 4.78 is 24.3. The van der Waals surface area contributed by atoms with Gasteiger partial charge in [0.2, 0.25) is 10.0 Å². The van der Waals surface area contributed by atoms with E-state index in [1.807, 2.05) is 6.92 Å². The second-order valence-corrected chi connectivity index (χ2v) is 4.86. The molecule has 1 aliphatic heterocycles. The Morgan fingerprint density at radius 1 is 1.67 bits per heavy atom. The molecule has 0 radical (unpaired) electrons. The van der Waals surface area contributed by atoms with Crippen molar-refractivity contribution in [2.24, 2.45) is 0 Å². The van der Waals surface area contributed by atoms with Gasteiger partial charge >= 0.3 is 0 Å². The average Bonchev–Trinajstić information content (AvgIpc) is 2.52. The van der Waals surface area contributed by atoms with Crippen LogP contribution in [0.4, 0.5) is 0 Å². The van der Waals surface area contributed by atoms with Gasteiger partial charge in [-0.25, -0.2) is 8.42 Å². The molecule has 0 aliphatic carbocycles. The fourth-order valence-electron chi connectivity index (χ4n) is 1.65. The van der Waals surface area contributed by atoms with Crippen LogP contribution in [0.1, 0.15) is 26.2 Å². The minimum Gasteiger partial charge on any atom is -0.208 e. The molecule has 0 aromatic heterocycles. The molecular formula is C8H15NO2S. The van der Waals surface area contributed by atoms with E-state index in [1.165, 1.54) is 0 Å². The first-order valence-corrected chi connectivity index (χ1v) is 5.76. The maximum atomic E-state index is 11.4. The van der Waals surface area contributed by atoms with Crippen LogP contribution in [0.2, 0.25) is 0 Å². The maximum absolute atomic E-state index is 11.4. The van der Waals surface area contributed by atoms with Crippen molar-refractivity contribution in [1.29, 1.82) is 0 Å². The van der Waals surface area contributed by atoms with Crippen molar-refractivity contribution in [3.05, 3.63) is 12.0 Å². The van der Waals surface area contributed by atoms with Gasteiger partial charge in [-0.2, -0.15) is 4.31 Å². The van der Waals surface area contributed by atoms with Gasteiger partial charge in [-0.05, 0) is 19.3 Å². The lowest BCUT2D eigenvalue weighted by Gasteiger charge is -2.20. The minimum atomic E-state index is -3.16. The monoisotopic (exact) mass is 189 g/mol. The first kappa shape index (κ1) is 9.74. The lowest BCUT2D eigenvalue weighted by molar-refractivity contribution is 0.385. The molecule has 1 atom stereocenters. The van der Waals surface area contributed by atoms with Gasteiger partial charge in [-0.3, -0.25) is 0 Å². The molecule has 0 spiro atoms. The highest BCUT2D eigenvalue weighted by Crippen LogP contribution is 2.23. The van der Waals surface area contributed by atoms with Crippen LogP contribution >= 0.6 is 0 Å². The average molecular weight is 189 g/mol. The first-order chi connectivity index (χ1) is 5.61. The Kier molecular flexibility index (Phi) is 2.90. The Bertz CT molecular complexity index is 258. The third kappa shape index (κ3) is 1.69. The summed E-state index contributed by atoms with van der Waals surface area (Å²) in [6.07, 6.45) is 2.86. The van der Waals surface area contributed by atoms with E-state index in [-0.39, 0.29) is 6.04 Å². The first-order valence-electron chi connectivity index (χ1n) is 4.26. The van der Waals surface area contributed by atoms with E-state index < -0.39 is 10.0 Å². The zero-order valence-corrected chi connectivity index (χ0v) is 8.18. The van der Waals surface area contributed by atoms with Crippen LogP contribution in [0, 0.1) is 0 Å². The highest BCUT2D eigenvalue weighted by atomic mass is 32.2. The Morgan fingerprint density at radius 3 is 2.83 bits per heavy atom. The fraction of sp³-hybridized carbons (Fsp3) is 0.750. The van der Waals surface area contributed by atoms with Crippen molar-refractivity contribution >= 4 is 10.0 Å². The Hall–Kier alpha value is -0.350. The molecule has 1 rings (SSSR count). The third-order valence-corrected chi connectivity index (χ3v) is 3.89. The molecule has 1 heterocycles. The number of hydrogen-bond donors (Lipinski definition) is 0.